The molecule has 0 amide bonds. The quantitative estimate of drug-likeness (QED) is 0.865. The van der Waals surface area contributed by atoms with Crippen molar-refractivity contribution < 1.29 is 13.2 Å². The molecule has 0 spiro atoms. The second-order valence-electron chi connectivity index (χ2n) is 4.41. The van der Waals surface area contributed by atoms with Crippen molar-refractivity contribution in [1.29, 1.82) is 0 Å². The summed E-state index contributed by atoms with van der Waals surface area (Å²) in [5.74, 6) is 0. The van der Waals surface area contributed by atoms with Gasteiger partial charge in [0.1, 0.15) is 0 Å². The molecular formula is C12H19F3N2S. The lowest BCUT2D eigenvalue weighted by Crippen LogP contribution is -2.44. The summed E-state index contributed by atoms with van der Waals surface area (Å²) in [4.78, 5) is 2.32. The molecular weight excluding hydrogens is 261 g/mol. The molecule has 0 aromatic carbocycles. The highest BCUT2D eigenvalue weighted by Crippen LogP contribution is 2.30. The van der Waals surface area contributed by atoms with Gasteiger partial charge in [0.25, 0.3) is 0 Å². The molecule has 0 radical (unpaired) electrons. The minimum Gasteiger partial charge on any atom is -0.326 e. The molecule has 0 bridgehead atoms. The first kappa shape index (κ1) is 15.5. The molecule has 2 atom stereocenters. The van der Waals surface area contributed by atoms with Crippen molar-refractivity contribution >= 4 is 11.3 Å². The van der Waals surface area contributed by atoms with Crippen LogP contribution >= 0.6 is 11.3 Å². The molecule has 1 aromatic rings. The van der Waals surface area contributed by atoms with Crippen LogP contribution in [0.25, 0.3) is 0 Å². The van der Waals surface area contributed by atoms with Crippen LogP contribution < -0.4 is 5.73 Å². The smallest absolute Gasteiger partial charge is 0.326 e. The van der Waals surface area contributed by atoms with Gasteiger partial charge in [-0.3, -0.25) is 4.90 Å². The van der Waals surface area contributed by atoms with Crippen molar-refractivity contribution in [1.82, 2.24) is 4.90 Å². The molecule has 0 aliphatic carbocycles. The Bertz CT molecular complexity index is 336. The van der Waals surface area contributed by atoms with Gasteiger partial charge in [-0.15, -0.1) is 11.3 Å². The van der Waals surface area contributed by atoms with Crippen LogP contribution in [0.15, 0.2) is 17.5 Å². The van der Waals surface area contributed by atoms with Gasteiger partial charge in [-0.05, 0) is 31.3 Å². The number of halogens is 3. The number of nitrogens with two attached hydrogens (primary N) is 1. The van der Waals surface area contributed by atoms with Crippen molar-refractivity contribution in [2.24, 2.45) is 5.73 Å². The zero-order valence-electron chi connectivity index (χ0n) is 10.6. The monoisotopic (exact) mass is 280 g/mol. The SMILES string of the molecule is CCCN(CC(F)(F)F)C(c1cccs1)C(C)N. The van der Waals surface area contributed by atoms with Crippen LogP contribution in [-0.2, 0) is 0 Å². The average molecular weight is 280 g/mol. The fraction of sp³-hybridized carbons (Fsp3) is 0.667. The Balaban J connectivity index is 2.92. The van der Waals surface area contributed by atoms with E-state index in [2.05, 4.69) is 0 Å². The molecule has 2 nitrogen and oxygen atoms in total. The van der Waals surface area contributed by atoms with Gasteiger partial charge < -0.3 is 5.73 Å². The van der Waals surface area contributed by atoms with E-state index in [9.17, 15) is 13.2 Å². The lowest BCUT2D eigenvalue weighted by Gasteiger charge is -2.34. The molecule has 0 fully saturated rings. The Labute approximate surface area is 110 Å². The highest BCUT2D eigenvalue weighted by Gasteiger charge is 2.35. The molecule has 0 aliphatic rings. The van der Waals surface area contributed by atoms with Crippen LogP contribution in [0.1, 0.15) is 31.2 Å². The van der Waals surface area contributed by atoms with Crippen molar-refractivity contribution in [2.45, 2.75) is 38.5 Å². The van der Waals surface area contributed by atoms with Gasteiger partial charge in [-0.25, -0.2) is 0 Å². The molecule has 0 aliphatic heterocycles. The lowest BCUT2D eigenvalue weighted by molar-refractivity contribution is -0.151. The number of hydrogen-bond donors (Lipinski definition) is 1. The van der Waals surface area contributed by atoms with Crippen LogP contribution in [0, 0.1) is 0 Å². The van der Waals surface area contributed by atoms with Gasteiger partial charge in [-0.1, -0.05) is 13.0 Å². The predicted molar refractivity (Wildman–Crippen MR) is 68.6 cm³/mol. The molecule has 18 heavy (non-hydrogen) atoms. The standard InChI is InChI=1S/C12H19F3N2S/c1-3-6-17(8-12(13,14)15)11(9(2)16)10-5-4-7-18-10/h4-5,7,9,11H,3,6,8,16H2,1-2H3. The van der Waals surface area contributed by atoms with Gasteiger partial charge in [0.15, 0.2) is 0 Å². The predicted octanol–water partition coefficient (Wildman–Crippen LogP) is 3.41. The van der Waals surface area contributed by atoms with E-state index in [1.54, 1.807) is 6.92 Å². The summed E-state index contributed by atoms with van der Waals surface area (Å²) >= 11 is 1.45. The van der Waals surface area contributed by atoms with Gasteiger partial charge in [0, 0.05) is 10.9 Å². The van der Waals surface area contributed by atoms with Crippen LogP contribution in [0.4, 0.5) is 13.2 Å². The zero-order valence-corrected chi connectivity index (χ0v) is 11.4. The van der Waals surface area contributed by atoms with Gasteiger partial charge in [-0.2, -0.15) is 13.2 Å². The first-order valence-electron chi connectivity index (χ1n) is 5.95. The Morgan fingerprint density at radius 3 is 2.50 bits per heavy atom. The summed E-state index contributed by atoms with van der Waals surface area (Å²) in [5.41, 5.74) is 5.88. The van der Waals surface area contributed by atoms with E-state index in [0.29, 0.717) is 13.0 Å². The highest BCUT2D eigenvalue weighted by atomic mass is 32.1. The maximum absolute atomic E-state index is 12.6. The molecule has 0 saturated heterocycles. The number of thiophene rings is 1. The third-order valence-corrected chi connectivity index (χ3v) is 3.56. The second kappa shape index (κ2) is 6.54. The third kappa shape index (κ3) is 4.59. The second-order valence-corrected chi connectivity index (χ2v) is 5.38. The van der Waals surface area contributed by atoms with Crippen molar-refractivity contribution in [3.63, 3.8) is 0 Å². The summed E-state index contributed by atoms with van der Waals surface area (Å²) in [6.45, 7) is 3.11. The van der Waals surface area contributed by atoms with E-state index in [-0.39, 0.29) is 12.1 Å². The third-order valence-electron chi connectivity index (χ3n) is 2.62. The van der Waals surface area contributed by atoms with Crippen molar-refractivity contribution in [2.75, 3.05) is 13.1 Å². The van der Waals surface area contributed by atoms with E-state index < -0.39 is 12.7 Å². The normalized spacial score (nSPS) is 15.9. The first-order chi connectivity index (χ1) is 8.35. The van der Waals surface area contributed by atoms with E-state index in [4.69, 9.17) is 5.73 Å². The average Bonchev–Trinajstić information content (AvgIpc) is 2.68. The lowest BCUT2D eigenvalue weighted by atomic mass is 10.1. The number of rotatable bonds is 6. The maximum atomic E-state index is 12.6. The van der Waals surface area contributed by atoms with E-state index in [1.807, 2.05) is 24.4 Å². The molecule has 1 heterocycles. The van der Waals surface area contributed by atoms with Crippen LogP contribution in [-0.4, -0.2) is 30.2 Å². The van der Waals surface area contributed by atoms with Gasteiger partial charge in [0.05, 0.1) is 12.6 Å². The van der Waals surface area contributed by atoms with Crippen molar-refractivity contribution in [3.8, 4) is 0 Å². The largest absolute Gasteiger partial charge is 0.401 e. The van der Waals surface area contributed by atoms with Crippen LogP contribution in [0.3, 0.4) is 0 Å². The molecule has 2 N–H and O–H groups in total. The van der Waals surface area contributed by atoms with E-state index in [0.717, 1.165) is 4.88 Å². The Hall–Kier alpha value is -0.590. The summed E-state index contributed by atoms with van der Waals surface area (Å²) in [6, 6.07) is 2.98. The van der Waals surface area contributed by atoms with E-state index in [1.165, 1.54) is 16.2 Å². The Morgan fingerprint density at radius 2 is 2.11 bits per heavy atom. The summed E-state index contributed by atoms with van der Waals surface area (Å²) in [5, 5.41) is 1.86. The fourth-order valence-electron chi connectivity index (χ4n) is 2.07. The number of hydrogen-bond acceptors (Lipinski definition) is 3. The minimum atomic E-state index is -4.19. The molecule has 1 rings (SSSR count). The molecule has 2 unspecified atom stereocenters. The molecule has 6 heteroatoms. The van der Waals surface area contributed by atoms with Crippen molar-refractivity contribution in [3.05, 3.63) is 22.4 Å². The molecule has 1 aromatic heterocycles. The fourth-order valence-corrected chi connectivity index (χ4v) is 3.04. The Kier molecular flexibility index (Phi) is 5.62. The van der Waals surface area contributed by atoms with Crippen LogP contribution in [0.5, 0.6) is 0 Å². The Morgan fingerprint density at radius 1 is 1.44 bits per heavy atom. The number of alkyl halides is 3. The molecule has 0 saturated carbocycles. The topological polar surface area (TPSA) is 29.3 Å². The van der Waals surface area contributed by atoms with Crippen LogP contribution in [0.2, 0.25) is 0 Å². The maximum Gasteiger partial charge on any atom is 0.401 e. The van der Waals surface area contributed by atoms with Gasteiger partial charge >= 0.3 is 6.18 Å². The highest BCUT2D eigenvalue weighted by molar-refractivity contribution is 7.10. The van der Waals surface area contributed by atoms with Gasteiger partial charge in [0.2, 0.25) is 0 Å². The minimum absolute atomic E-state index is 0.336. The summed E-state index contributed by atoms with van der Waals surface area (Å²) in [6.07, 6.45) is -3.52. The zero-order chi connectivity index (χ0) is 13.8. The first-order valence-corrected chi connectivity index (χ1v) is 6.83. The summed E-state index contributed by atoms with van der Waals surface area (Å²) < 4.78 is 37.8. The van der Waals surface area contributed by atoms with E-state index >= 15 is 0 Å². The summed E-state index contributed by atoms with van der Waals surface area (Å²) in [7, 11) is 0. The number of nitrogens with zero attached hydrogens (tertiary/aromatic N) is 1. The molecule has 104 valence electrons.